The Labute approximate surface area is 205 Å². The second-order valence-electron chi connectivity index (χ2n) is 7.86. The molecule has 3 aromatic rings. The number of azide groups is 1. The van der Waals surface area contributed by atoms with E-state index in [-0.39, 0.29) is 23.6 Å². The second kappa shape index (κ2) is 9.54. The highest BCUT2D eigenvalue weighted by Crippen LogP contribution is 2.44. The molecule has 0 spiro atoms. The molecule has 3 aromatic carbocycles. The Morgan fingerprint density at radius 1 is 0.914 bits per heavy atom. The van der Waals surface area contributed by atoms with Crippen LogP contribution in [0.25, 0.3) is 10.4 Å². The van der Waals surface area contributed by atoms with E-state index in [9.17, 15) is 9.59 Å². The van der Waals surface area contributed by atoms with E-state index in [2.05, 4.69) is 15.0 Å². The zero-order valence-corrected chi connectivity index (χ0v) is 19.5. The molecule has 35 heavy (non-hydrogen) atoms. The molecule has 0 unspecified atom stereocenters. The molecule has 2 fully saturated rings. The lowest BCUT2D eigenvalue weighted by Crippen LogP contribution is -2.67. The highest BCUT2D eigenvalue weighted by molar-refractivity contribution is 8.15. The van der Waals surface area contributed by atoms with Gasteiger partial charge in [0.2, 0.25) is 5.91 Å². The van der Waals surface area contributed by atoms with Crippen molar-refractivity contribution in [3.63, 3.8) is 0 Å². The van der Waals surface area contributed by atoms with Crippen LogP contribution in [0.5, 0.6) is 5.75 Å². The summed E-state index contributed by atoms with van der Waals surface area (Å²) in [4.78, 5) is 37.2. The highest BCUT2D eigenvalue weighted by atomic mass is 32.2. The zero-order valence-electron chi connectivity index (χ0n) is 18.7. The van der Waals surface area contributed by atoms with Gasteiger partial charge in [0.1, 0.15) is 11.8 Å². The number of hydrogen-bond acceptors (Lipinski definition) is 6. The van der Waals surface area contributed by atoms with E-state index in [0.29, 0.717) is 22.3 Å². The number of ether oxygens (including phenoxy) is 1. The summed E-state index contributed by atoms with van der Waals surface area (Å²) in [6, 6.07) is 22.6. The molecule has 0 N–H and O–H groups in total. The number of carbonyl (C=O) groups excluding carboxylic acids is 2. The largest absolute Gasteiger partial charge is 0.497 e. The lowest BCUT2D eigenvalue weighted by Gasteiger charge is -2.50. The first-order chi connectivity index (χ1) is 17.1. The first kappa shape index (κ1) is 22.5. The fourth-order valence-electron chi connectivity index (χ4n) is 4.23. The Morgan fingerprint density at radius 2 is 1.60 bits per heavy atom. The summed E-state index contributed by atoms with van der Waals surface area (Å²) in [5.74, 6) is 0.574. The fraction of sp³-hybridized carbons (Fsp3) is 0.160. The van der Waals surface area contributed by atoms with Crippen LogP contribution < -0.4 is 9.64 Å². The van der Waals surface area contributed by atoms with Crippen LogP contribution >= 0.6 is 11.8 Å². The summed E-state index contributed by atoms with van der Waals surface area (Å²) in [5, 5.41) is 4.04. The van der Waals surface area contributed by atoms with Crippen molar-refractivity contribution in [2.24, 2.45) is 10.1 Å². The maximum absolute atomic E-state index is 13.5. The molecule has 2 heterocycles. The average molecular weight is 485 g/mol. The normalized spacial score (nSPS) is 20.5. The number of carbonyl (C=O) groups is 2. The average Bonchev–Trinajstić information content (AvgIpc) is 3.24. The van der Waals surface area contributed by atoms with Crippen LogP contribution in [0.2, 0.25) is 0 Å². The standard InChI is InChI=1S/C25H20N6O3S/c1-34-20-13-11-19(12-14-20)30-22(16-5-3-2-4-6-16)23(24(30)33)31-21(32)15-35-25(31)27-17-7-9-18(10-8-17)28-29-26/h2-14,22-23H,15H2,1H3/t22-,23-/m1/s1. The molecule has 5 rings (SSSR count). The molecule has 2 saturated heterocycles. The Bertz CT molecular complexity index is 1340. The van der Waals surface area contributed by atoms with E-state index in [1.807, 2.05) is 54.6 Å². The van der Waals surface area contributed by atoms with Crippen LogP contribution in [0.15, 0.2) is 89.0 Å². The number of benzene rings is 3. The molecule has 2 aliphatic rings. The van der Waals surface area contributed by atoms with Crippen LogP contribution in [0, 0.1) is 0 Å². The summed E-state index contributed by atoms with van der Waals surface area (Å²) < 4.78 is 5.25. The quantitative estimate of drug-likeness (QED) is 0.203. The Balaban J connectivity index is 1.51. The van der Waals surface area contributed by atoms with Crippen molar-refractivity contribution >= 4 is 45.8 Å². The van der Waals surface area contributed by atoms with Gasteiger partial charge in [0.05, 0.1) is 24.6 Å². The molecule has 0 saturated carbocycles. The number of thioether (sulfide) groups is 1. The molecule has 0 aromatic heterocycles. The Kier molecular flexibility index (Phi) is 6.13. The van der Waals surface area contributed by atoms with Gasteiger partial charge in [-0.3, -0.25) is 14.5 Å². The van der Waals surface area contributed by atoms with E-state index >= 15 is 0 Å². The summed E-state index contributed by atoms with van der Waals surface area (Å²) in [7, 11) is 1.59. The van der Waals surface area contributed by atoms with E-state index in [1.165, 1.54) is 16.7 Å². The van der Waals surface area contributed by atoms with Crippen molar-refractivity contribution in [2.75, 3.05) is 17.8 Å². The van der Waals surface area contributed by atoms with Crippen molar-refractivity contribution in [1.82, 2.24) is 4.90 Å². The van der Waals surface area contributed by atoms with Gasteiger partial charge in [0, 0.05) is 16.3 Å². The van der Waals surface area contributed by atoms with Crippen LogP contribution in [0.1, 0.15) is 11.6 Å². The minimum Gasteiger partial charge on any atom is -0.497 e. The van der Waals surface area contributed by atoms with Gasteiger partial charge in [0.15, 0.2) is 5.17 Å². The van der Waals surface area contributed by atoms with Crippen LogP contribution in [0.3, 0.4) is 0 Å². The number of anilines is 1. The number of hydrogen-bond donors (Lipinski definition) is 0. The molecule has 0 aliphatic carbocycles. The maximum Gasteiger partial charge on any atom is 0.253 e. The number of nitrogens with zero attached hydrogens (tertiary/aromatic N) is 6. The summed E-state index contributed by atoms with van der Waals surface area (Å²) in [5.41, 5.74) is 11.3. The Hall–Kier alpha value is -4.27. The maximum atomic E-state index is 13.5. The monoisotopic (exact) mass is 484 g/mol. The third-order valence-electron chi connectivity index (χ3n) is 5.87. The van der Waals surface area contributed by atoms with E-state index in [1.54, 1.807) is 36.3 Å². The van der Waals surface area contributed by atoms with Gasteiger partial charge < -0.3 is 9.64 Å². The number of aliphatic imine (C=N–C) groups is 1. The smallest absolute Gasteiger partial charge is 0.253 e. The molecule has 2 atom stereocenters. The fourth-order valence-corrected chi connectivity index (χ4v) is 5.14. The highest BCUT2D eigenvalue weighted by Gasteiger charge is 2.55. The van der Waals surface area contributed by atoms with Crippen LogP contribution in [-0.4, -0.2) is 40.8 Å². The number of β-lactam (4-membered cyclic amide) rings is 1. The Morgan fingerprint density at radius 3 is 2.26 bits per heavy atom. The van der Waals surface area contributed by atoms with Crippen LogP contribution in [0.4, 0.5) is 17.1 Å². The van der Waals surface area contributed by atoms with E-state index in [0.717, 1.165) is 11.3 Å². The van der Waals surface area contributed by atoms with Gasteiger partial charge >= 0.3 is 0 Å². The first-order valence-electron chi connectivity index (χ1n) is 10.8. The lowest BCUT2D eigenvalue weighted by molar-refractivity contribution is -0.138. The van der Waals surface area contributed by atoms with Crippen molar-refractivity contribution in [3.8, 4) is 5.75 Å². The number of methoxy groups -OCH3 is 1. The lowest BCUT2D eigenvalue weighted by atomic mass is 9.86. The van der Waals surface area contributed by atoms with Crippen molar-refractivity contribution in [1.29, 1.82) is 0 Å². The van der Waals surface area contributed by atoms with Crippen molar-refractivity contribution < 1.29 is 14.3 Å². The summed E-state index contributed by atoms with van der Waals surface area (Å²) >= 11 is 1.30. The second-order valence-corrected chi connectivity index (χ2v) is 8.80. The predicted molar refractivity (Wildman–Crippen MR) is 135 cm³/mol. The number of amidine groups is 1. The number of rotatable bonds is 6. The zero-order chi connectivity index (χ0) is 24.4. The van der Waals surface area contributed by atoms with E-state index < -0.39 is 6.04 Å². The van der Waals surface area contributed by atoms with Crippen molar-refractivity contribution in [3.05, 3.63) is 94.9 Å². The van der Waals surface area contributed by atoms with Gasteiger partial charge in [0.25, 0.3) is 5.91 Å². The molecule has 2 amide bonds. The molecule has 0 radical (unpaired) electrons. The molecule has 0 bridgehead atoms. The molecule has 9 nitrogen and oxygen atoms in total. The van der Waals surface area contributed by atoms with Gasteiger partial charge in [-0.2, -0.15) is 0 Å². The van der Waals surface area contributed by atoms with Gasteiger partial charge in [-0.25, -0.2) is 4.99 Å². The van der Waals surface area contributed by atoms with Gasteiger partial charge in [-0.15, -0.1) is 0 Å². The first-order valence-corrected chi connectivity index (χ1v) is 11.8. The third-order valence-corrected chi connectivity index (χ3v) is 6.81. The van der Waals surface area contributed by atoms with E-state index in [4.69, 9.17) is 10.3 Å². The van der Waals surface area contributed by atoms with Gasteiger partial charge in [-0.05, 0) is 47.5 Å². The predicted octanol–water partition coefficient (Wildman–Crippen LogP) is 5.36. The van der Waals surface area contributed by atoms with Crippen LogP contribution in [-0.2, 0) is 9.59 Å². The number of amides is 2. The third kappa shape index (κ3) is 4.21. The molecule has 174 valence electrons. The summed E-state index contributed by atoms with van der Waals surface area (Å²) in [6.07, 6.45) is 0. The van der Waals surface area contributed by atoms with Crippen molar-refractivity contribution in [2.45, 2.75) is 12.1 Å². The molecule has 10 heteroatoms. The summed E-state index contributed by atoms with van der Waals surface area (Å²) in [6.45, 7) is 0. The topological polar surface area (TPSA) is 111 Å². The van der Waals surface area contributed by atoms with Gasteiger partial charge in [-0.1, -0.05) is 59.3 Å². The molecule has 2 aliphatic heterocycles. The molecular formula is C25H20N6O3S. The minimum atomic E-state index is -0.705. The molecular weight excluding hydrogens is 464 g/mol. The minimum absolute atomic E-state index is 0.159. The SMILES string of the molecule is COc1ccc(N2C(=O)[C@H](N3C(=O)CSC3=Nc3ccc(N=[N+]=[N-])cc3)[C@H]2c2ccccc2)cc1.